The van der Waals surface area contributed by atoms with Crippen LogP contribution in [0.5, 0.6) is 0 Å². The van der Waals surface area contributed by atoms with Crippen LogP contribution < -0.4 is 10.6 Å². The third-order valence-electron chi connectivity index (χ3n) is 4.45. The summed E-state index contributed by atoms with van der Waals surface area (Å²) in [5, 5.41) is 8.10. The summed E-state index contributed by atoms with van der Waals surface area (Å²) in [6.45, 7) is 4.78. The molecular formula is C18H23N3OS. The largest absolute Gasteiger partial charge is 0.338 e. The van der Waals surface area contributed by atoms with E-state index in [1.165, 1.54) is 4.88 Å². The molecule has 1 aliphatic rings. The summed E-state index contributed by atoms with van der Waals surface area (Å²) in [4.78, 5) is 15.9. The van der Waals surface area contributed by atoms with Crippen molar-refractivity contribution in [3.05, 3.63) is 52.2 Å². The number of rotatable bonds is 4. The molecule has 0 bridgehead atoms. The number of nitrogens with zero attached hydrogens (tertiary/aromatic N) is 1. The second-order valence-corrected chi connectivity index (χ2v) is 7.23. The fraction of sp³-hybridized carbons (Fsp3) is 0.389. The van der Waals surface area contributed by atoms with E-state index in [4.69, 9.17) is 0 Å². The van der Waals surface area contributed by atoms with E-state index in [1.54, 1.807) is 0 Å². The summed E-state index contributed by atoms with van der Waals surface area (Å²) in [7, 11) is 2.15. The van der Waals surface area contributed by atoms with Gasteiger partial charge in [0.25, 0.3) is 0 Å². The van der Waals surface area contributed by atoms with Gasteiger partial charge in [0.15, 0.2) is 0 Å². The highest BCUT2D eigenvalue weighted by atomic mass is 32.1. The number of carbonyl (C=O) groups excluding carboxylic acids is 1. The van der Waals surface area contributed by atoms with Crippen molar-refractivity contribution in [2.75, 3.05) is 32.0 Å². The molecule has 2 heterocycles. The van der Waals surface area contributed by atoms with Gasteiger partial charge in [0.05, 0.1) is 0 Å². The fourth-order valence-corrected chi connectivity index (χ4v) is 4.13. The third-order valence-corrected chi connectivity index (χ3v) is 5.45. The van der Waals surface area contributed by atoms with Gasteiger partial charge in [-0.15, -0.1) is 11.3 Å². The van der Waals surface area contributed by atoms with E-state index in [-0.39, 0.29) is 6.03 Å². The van der Waals surface area contributed by atoms with E-state index in [1.807, 2.05) is 42.5 Å². The lowest BCUT2D eigenvalue weighted by atomic mass is 9.94. The number of likely N-dealkylation sites (tertiary alicyclic amines) is 1. The Morgan fingerprint density at radius 3 is 2.83 bits per heavy atom. The number of hydrogen-bond donors (Lipinski definition) is 2. The van der Waals surface area contributed by atoms with Crippen LogP contribution in [0.3, 0.4) is 0 Å². The second-order valence-electron chi connectivity index (χ2n) is 6.25. The Kier molecular flexibility index (Phi) is 4.98. The molecule has 3 rings (SSSR count). The van der Waals surface area contributed by atoms with Crippen molar-refractivity contribution in [1.82, 2.24) is 10.2 Å². The monoisotopic (exact) mass is 329 g/mol. The highest BCUT2D eigenvalue weighted by Crippen LogP contribution is 2.34. The average molecular weight is 329 g/mol. The van der Waals surface area contributed by atoms with Crippen molar-refractivity contribution < 1.29 is 4.79 Å². The number of urea groups is 1. The molecule has 0 aliphatic carbocycles. The zero-order valence-electron chi connectivity index (χ0n) is 13.6. The number of para-hydroxylation sites is 1. The number of carbonyl (C=O) groups is 1. The van der Waals surface area contributed by atoms with Crippen LogP contribution in [0.4, 0.5) is 10.5 Å². The number of anilines is 1. The summed E-state index contributed by atoms with van der Waals surface area (Å²) >= 11 is 1.81. The lowest BCUT2D eigenvalue weighted by molar-refractivity contribution is 0.249. The predicted octanol–water partition coefficient (Wildman–Crippen LogP) is 3.52. The van der Waals surface area contributed by atoms with Gasteiger partial charge in [0, 0.05) is 36.1 Å². The molecule has 0 spiro atoms. The summed E-state index contributed by atoms with van der Waals surface area (Å²) in [5.74, 6) is 0.972. The molecular weight excluding hydrogens is 306 g/mol. The first-order valence-corrected chi connectivity index (χ1v) is 8.84. The van der Waals surface area contributed by atoms with Crippen LogP contribution >= 0.6 is 11.3 Å². The molecule has 0 saturated carbocycles. The Labute approximate surface area is 141 Å². The quantitative estimate of drug-likeness (QED) is 0.901. The van der Waals surface area contributed by atoms with Crippen molar-refractivity contribution in [2.24, 2.45) is 5.92 Å². The van der Waals surface area contributed by atoms with E-state index in [0.717, 1.165) is 24.3 Å². The third kappa shape index (κ3) is 3.92. The fourth-order valence-electron chi connectivity index (χ4n) is 3.22. The predicted molar refractivity (Wildman–Crippen MR) is 96.2 cm³/mol. The molecule has 4 nitrogen and oxygen atoms in total. The maximum absolute atomic E-state index is 12.2. The van der Waals surface area contributed by atoms with Crippen molar-refractivity contribution in [1.29, 1.82) is 0 Å². The average Bonchev–Trinajstić information content (AvgIpc) is 3.16. The number of aryl methyl sites for hydroxylation is 1. The number of nitrogens with one attached hydrogen (secondary N) is 2. The maximum Gasteiger partial charge on any atom is 0.319 e. The van der Waals surface area contributed by atoms with Gasteiger partial charge in [-0.3, -0.25) is 0 Å². The normalized spacial score (nSPS) is 21.3. The minimum absolute atomic E-state index is 0.126. The van der Waals surface area contributed by atoms with Crippen LogP contribution in [0, 0.1) is 12.8 Å². The lowest BCUT2D eigenvalue weighted by Gasteiger charge is -2.18. The number of hydrogen-bond acceptors (Lipinski definition) is 3. The van der Waals surface area contributed by atoms with E-state index in [2.05, 4.69) is 40.1 Å². The first-order valence-electron chi connectivity index (χ1n) is 7.96. The molecule has 2 amide bonds. The summed E-state index contributed by atoms with van der Waals surface area (Å²) in [6.07, 6.45) is 0. The Hall–Kier alpha value is -1.85. The Morgan fingerprint density at radius 1 is 1.26 bits per heavy atom. The maximum atomic E-state index is 12.2. The van der Waals surface area contributed by atoms with E-state index < -0.39 is 0 Å². The van der Waals surface area contributed by atoms with Gasteiger partial charge in [-0.2, -0.15) is 0 Å². The van der Waals surface area contributed by atoms with E-state index in [0.29, 0.717) is 18.4 Å². The van der Waals surface area contributed by atoms with Gasteiger partial charge < -0.3 is 15.5 Å². The van der Waals surface area contributed by atoms with Gasteiger partial charge >= 0.3 is 6.03 Å². The SMILES string of the molecule is Cc1ccccc1NC(=O)NC[C@H]1CN(C)C[C@H]1c1cccs1. The van der Waals surface area contributed by atoms with Gasteiger partial charge in [0.1, 0.15) is 0 Å². The Morgan fingerprint density at radius 2 is 2.09 bits per heavy atom. The van der Waals surface area contributed by atoms with E-state index in [9.17, 15) is 4.79 Å². The number of likely N-dealkylation sites (N-methyl/N-ethyl adjacent to an activating group) is 1. The number of benzene rings is 1. The summed E-state index contributed by atoms with van der Waals surface area (Å²) in [6, 6.07) is 12.0. The molecule has 23 heavy (non-hydrogen) atoms. The first-order chi connectivity index (χ1) is 11.1. The van der Waals surface area contributed by atoms with Crippen molar-refractivity contribution in [3.8, 4) is 0 Å². The molecule has 1 aromatic heterocycles. The molecule has 1 aromatic carbocycles. The number of amides is 2. The Balaban J connectivity index is 1.57. The molecule has 2 atom stereocenters. The molecule has 1 saturated heterocycles. The molecule has 1 aliphatic heterocycles. The molecule has 0 radical (unpaired) electrons. The van der Waals surface area contributed by atoms with Crippen molar-refractivity contribution in [2.45, 2.75) is 12.8 Å². The van der Waals surface area contributed by atoms with Crippen LogP contribution in [0.25, 0.3) is 0 Å². The lowest BCUT2D eigenvalue weighted by Crippen LogP contribution is -2.35. The molecule has 2 aromatic rings. The van der Waals surface area contributed by atoms with Crippen LogP contribution in [0.2, 0.25) is 0 Å². The molecule has 2 N–H and O–H groups in total. The van der Waals surface area contributed by atoms with Crippen LogP contribution in [0.15, 0.2) is 41.8 Å². The number of thiophene rings is 1. The minimum Gasteiger partial charge on any atom is -0.338 e. The Bertz CT molecular complexity index is 656. The molecule has 1 fully saturated rings. The topological polar surface area (TPSA) is 44.4 Å². The van der Waals surface area contributed by atoms with Crippen molar-refractivity contribution in [3.63, 3.8) is 0 Å². The van der Waals surface area contributed by atoms with Gasteiger partial charge in [-0.1, -0.05) is 24.3 Å². The molecule has 122 valence electrons. The zero-order valence-corrected chi connectivity index (χ0v) is 14.4. The highest BCUT2D eigenvalue weighted by Gasteiger charge is 2.32. The first kappa shape index (κ1) is 16.0. The van der Waals surface area contributed by atoms with Crippen LogP contribution in [-0.2, 0) is 0 Å². The van der Waals surface area contributed by atoms with Gasteiger partial charge in [-0.25, -0.2) is 4.79 Å². The smallest absolute Gasteiger partial charge is 0.319 e. The summed E-state index contributed by atoms with van der Waals surface area (Å²) < 4.78 is 0. The van der Waals surface area contributed by atoms with Gasteiger partial charge in [0.2, 0.25) is 0 Å². The van der Waals surface area contributed by atoms with Gasteiger partial charge in [-0.05, 0) is 43.0 Å². The molecule has 0 unspecified atom stereocenters. The van der Waals surface area contributed by atoms with E-state index >= 15 is 0 Å². The summed E-state index contributed by atoms with van der Waals surface area (Å²) in [5.41, 5.74) is 1.93. The molecule has 5 heteroatoms. The second kappa shape index (κ2) is 7.15. The van der Waals surface area contributed by atoms with Crippen LogP contribution in [-0.4, -0.2) is 37.6 Å². The van der Waals surface area contributed by atoms with Crippen molar-refractivity contribution >= 4 is 23.1 Å². The van der Waals surface area contributed by atoms with Crippen LogP contribution in [0.1, 0.15) is 16.4 Å². The minimum atomic E-state index is -0.126. The standard InChI is InChI=1S/C18H23N3OS/c1-13-6-3-4-7-16(13)20-18(22)19-10-14-11-21(2)12-15(14)17-8-5-9-23-17/h3-9,14-15H,10-12H2,1-2H3,(H2,19,20,22)/t14-,15+/m0/s1. The zero-order chi connectivity index (χ0) is 16.2. The highest BCUT2D eigenvalue weighted by molar-refractivity contribution is 7.10.